The number of carbonyl (C=O) groups excluding carboxylic acids is 1. The standard InChI is InChI=1S/C26H25ClFN5O/c1-17-20(15-29-31(17)2)25-14-19(18-6-3-4-9-24(18)30-25)26(34)33-12-10-32(11-13-33)16-21-22(27)7-5-8-23(21)28/h3-9,14-15H,10-13,16H2,1-2H3. The normalized spacial score (nSPS) is 14.6. The van der Waals surface area contributed by atoms with Crippen LogP contribution in [0.25, 0.3) is 22.2 Å². The Kier molecular flexibility index (Phi) is 6.06. The van der Waals surface area contributed by atoms with Crippen molar-refractivity contribution in [3.8, 4) is 11.3 Å². The van der Waals surface area contributed by atoms with Crippen molar-refractivity contribution in [3.63, 3.8) is 0 Å². The third kappa shape index (κ3) is 4.17. The van der Waals surface area contributed by atoms with Gasteiger partial charge in [-0.05, 0) is 31.2 Å². The Morgan fingerprint density at radius 3 is 2.56 bits per heavy atom. The van der Waals surface area contributed by atoms with E-state index in [1.54, 1.807) is 23.0 Å². The smallest absolute Gasteiger partial charge is 0.254 e. The second-order valence-corrected chi connectivity index (χ2v) is 9.02. The molecule has 0 N–H and O–H groups in total. The first-order chi connectivity index (χ1) is 16.4. The number of nitrogens with zero attached hydrogens (tertiary/aromatic N) is 5. The van der Waals surface area contributed by atoms with Gasteiger partial charge in [-0.25, -0.2) is 9.37 Å². The third-order valence-corrected chi connectivity index (χ3v) is 6.91. The molecule has 8 heteroatoms. The summed E-state index contributed by atoms with van der Waals surface area (Å²) in [4.78, 5) is 22.4. The monoisotopic (exact) mass is 477 g/mol. The van der Waals surface area contributed by atoms with Crippen LogP contribution in [0.15, 0.2) is 54.7 Å². The minimum atomic E-state index is -0.299. The molecule has 1 saturated heterocycles. The first-order valence-corrected chi connectivity index (χ1v) is 11.6. The highest BCUT2D eigenvalue weighted by Crippen LogP contribution is 2.28. The summed E-state index contributed by atoms with van der Waals surface area (Å²) in [6.07, 6.45) is 1.79. The second-order valence-electron chi connectivity index (χ2n) is 8.61. The number of amides is 1. The summed E-state index contributed by atoms with van der Waals surface area (Å²) < 4.78 is 16.0. The molecule has 1 fully saturated rings. The lowest BCUT2D eigenvalue weighted by atomic mass is 10.0. The summed E-state index contributed by atoms with van der Waals surface area (Å²) in [7, 11) is 1.89. The number of aryl methyl sites for hydroxylation is 1. The Bertz CT molecular complexity index is 1360. The highest BCUT2D eigenvalue weighted by atomic mass is 35.5. The van der Waals surface area contributed by atoms with E-state index in [9.17, 15) is 9.18 Å². The Labute approximate surface area is 202 Å². The van der Waals surface area contributed by atoms with Crippen LogP contribution < -0.4 is 0 Å². The molecule has 3 heterocycles. The topological polar surface area (TPSA) is 54.3 Å². The molecule has 0 radical (unpaired) electrons. The van der Waals surface area contributed by atoms with Crippen molar-refractivity contribution < 1.29 is 9.18 Å². The number of pyridine rings is 1. The molecule has 2 aromatic heterocycles. The highest BCUT2D eigenvalue weighted by molar-refractivity contribution is 6.31. The number of piperazine rings is 1. The lowest BCUT2D eigenvalue weighted by Gasteiger charge is -2.35. The van der Waals surface area contributed by atoms with Gasteiger partial charge in [-0.1, -0.05) is 35.9 Å². The van der Waals surface area contributed by atoms with E-state index in [2.05, 4.69) is 10.00 Å². The van der Waals surface area contributed by atoms with Crippen molar-refractivity contribution in [3.05, 3.63) is 82.4 Å². The van der Waals surface area contributed by atoms with E-state index in [1.165, 1.54) is 6.07 Å². The fraction of sp³-hybridized carbons (Fsp3) is 0.269. The summed E-state index contributed by atoms with van der Waals surface area (Å²) in [6, 6.07) is 14.3. The second kappa shape index (κ2) is 9.16. The van der Waals surface area contributed by atoms with Crippen LogP contribution in [0.4, 0.5) is 4.39 Å². The molecule has 0 saturated carbocycles. The third-order valence-electron chi connectivity index (χ3n) is 6.56. The summed E-state index contributed by atoms with van der Waals surface area (Å²) in [6.45, 7) is 4.82. The lowest BCUT2D eigenvalue weighted by molar-refractivity contribution is 0.0629. The van der Waals surface area contributed by atoms with Crippen molar-refractivity contribution >= 4 is 28.4 Å². The van der Waals surface area contributed by atoms with Crippen molar-refractivity contribution in [1.29, 1.82) is 0 Å². The fourth-order valence-corrected chi connectivity index (χ4v) is 4.65. The molecular weight excluding hydrogens is 453 g/mol. The zero-order valence-electron chi connectivity index (χ0n) is 19.1. The molecule has 1 aliphatic rings. The summed E-state index contributed by atoms with van der Waals surface area (Å²) >= 11 is 6.20. The van der Waals surface area contributed by atoms with E-state index in [0.29, 0.717) is 48.9 Å². The van der Waals surface area contributed by atoms with Crippen LogP contribution in [0.3, 0.4) is 0 Å². The fourth-order valence-electron chi connectivity index (χ4n) is 4.43. The quantitative estimate of drug-likeness (QED) is 0.428. The molecular formula is C26H25ClFN5O. The molecule has 34 heavy (non-hydrogen) atoms. The molecule has 6 nitrogen and oxygen atoms in total. The van der Waals surface area contributed by atoms with Crippen LogP contribution in [0, 0.1) is 12.7 Å². The Balaban J connectivity index is 1.39. The molecule has 5 rings (SSSR count). The first-order valence-electron chi connectivity index (χ1n) is 11.3. The van der Waals surface area contributed by atoms with E-state index in [4.69, 9.17) is 16.6 Å². The van der Waals surface area contributed by atoms with E-state index in [1.807, 2.05) is 49.2 Å². The van der Waals surface area contributed by atoms with E-state index >= 15 is 0 Å². The van der Waals surface area contributed by atoms with Gasteiger partial charge in [0.25, 0.3) is 5.91 Å². The summed E-state index contributed by atoms with van der Waals surface area (Å²) in [5, 5.41) is 5.59. The highest BCUT2D eigenvalue weighted by Gasteiger charge is 2.25. The van der Waals surface area contributed by atoms with Gasteiger partial charge in [0.2, 0.25) is 0 Å². The summed E-state index contributed by atoms with van der Waals surface area (Å²) in [5.74, 6) is -0.322. The van der Waals surface area contributed by atoms with E-state index < -0.39 is 0 Å². The van der Waals surface area contributed by atoms with Crippen molar-refractivity contribution in [2.75, 3.05) is 26.2 Å². The Morgan fingerprint density at radius 1 is 1.09 bits per heavy atom. The zero-order valence-corrected chi connectivity index (χ0v) is 19.9. The van der Waals surface area contributed by atoms with Gasteiger partial charge in [0.1, 0.15) is 5.82 Å². The van der Waals surface area contributed by atoms with E-state index in [0.717, 1.165) is 27.9 Å². The van der Waals surface area contributed by atoms with Crippen LogP contribution >= 0.6 is 11.6 Å². The molecule has 0 bridgehead atoms. The largest absolute Gasteiger partial charge is 0.336 e. The van der Waals surface area contributed by atoms with Crippen molar-refractivity contribution in [2.24, 2.45) is 7.05 Å². The van der Waals surface area contributed by atoms with Crippen LogP contribution in [-0.4, -0.2) is 56.7 Å². The molecule has 0 spiro atoms. The maximum absolute atomic E-state index is 14.2. The number of para-hydroxylation sites is 1. The van der Waals surface area contributed by atoms with Crippen LogP contribution in [0.5, 0.6) is 0 Å². The first kappa shape index (κ1) is 22.5. The minimum Gasteiger partial charge on any atom is -0.336 e. The van der Waals surface area contributed by atoms with Crippen LogP contribution in [0.1, 0.15) is 21.6 Å². The number of carbonyl (C=O) groups is 1. The predicted octanol–water partition coefficient (Wildman–Crippen LogP) is 4.69. The Hall–Kier alpha value is -3.29. The van der Waals surface area contributed by atoms with Gasteiger partial charge in [-0.2, -0.15) is 5.10 Å². The average Bonchev–Trinajstić information content (AvgIpc) is 3.19. The zero-order chi connectivity index (χ0) is 23.8. The molecule has 174 valence electrons. The van der Waals surface area contributed by atoms with E-state index in [-0.39, 0.29) is 11.7 Å². The maximum Gasteiger partial charge on any atom is 0.254 e. The predicted molar refractivity (Wildman–Crippen MR) is 131 cm³/mol. The SMILES string of the molecule is Cc1c(-c2cc(C(=O)N3CCN(Cc4c(F)cccc4Cl)CC3)c3ccccc3n2)cnn1C. The number of hydrogen-bond donors (Lipinski definition) is 0. The number of fused-ring (bicyclic) bond motifs is 1. The average molecular weight is 478 g/mol. The number of aromatic nitrogens is 3. The minimum absolute atomic E-state index is 0.0232. The molecule has 1 amide bonds. The van der Waals surface area contributed by atoms with Crippen molar-refractivity contribution in [1.82, 2.24) is 24.6 Å². The Morgan fingerprint density at radius 2 is 1.85 bits per heavy atom. The van der Waals surface area contributed by atoms with Crippen LogP contribution in [0.2, 0.25) is 5.02 Å². The van der Waals surface area contributed by atoms with Crippen molar-refractivity contribution in [2.45, 2.75) is 13.5 Å². The number of halogens is 2. The van der Waals surface area contributed by atoms with Gasteiger partial charge in [0.15, 0.2) is 0 Å². The molecule has 0 unspecified atom stereocenters. The van der Waals surface area contributed by atoms with Gasteiger partial charge < -0.3 is 4.90 Å². The van der Waals surface area contributed by atoms with Gasteiger partial charge in [-0.3, -0.25) is 14.4 Å². The van der Waals surface area contributed by atoms with Crippen LogP contribution in [-0.2, 0) is 13.6 Å². The molecule has 2 aromatic carbocycles. The number of hydrogen-bond acceptors (Lipinski definition) is 4. The molecule has 4 aromatic rings. The van der Waals surface area contributed by atoms with Gasteiger partial charge >= 0.3 is 0 Å². The van der Waals surface area contributed by atoms with Gasteiger partial charge in [0, 0.05) is 67.0 Å². The molecule has 0 aliphatic carbocycles. The molecule has 1 aliphatic heterocycles. The number of benzene rings is 2. The lowest BCUT2D eigenvalue weighted by Crippen LogP contribution is -2.48. The van der Waals surface area contributed by atoms with Gasteiger partial charge in [0.05, 0.1) is 23.0 Å². The number of rotatable bonds is 4. The van der Waals surface area contributed by atoms with Gasteiger partial charge in [-0.15, -0.1) is 0 Å². The summed E-state index contributed by atoms with van der Waals surface area (Å²) in [5.41, 5.74) is 4.55. The molecule has 0 atom stereocenters. The maximum atomic E-state index is 14.2.